The molecule has 0 amide bonds. The van der Waals surface area contributed by atoms with Crippen LogP contribution in [0.3, 0.4) is 0 Å². The number of hydrogen-bond acceptors (Lipinski definition) is 2. The van der Waals surface area contributed by atoms with Crippen LogP contribution in [0.25, 0.3) is 0 Å². The van der Waals surface area contributed by atoms with Gasteiger partial charge in [-0.05, 0) is 6.92 Å². The quantitative estimate of drug-likeness (QED) is 0.575. The zero-order valence-electron chi connectivity index (χ0n) is 7.72. The Bertz CT molecular complexity index is 295. The van der Waals surface area contributed by atoms with E-state index in [1.807, 2.05) is 32.0 Å². The molecule has 0 atom stereocenters. The molecule has 0 spiro atoms. The Morgan fingerprint density at radius 1 is 1.42 bits per heavy atom. The Kier molecular flexibility index (Phi) is 2.18. The average molecular weight is 163 g/mol. The molecule has 0 aromatic heterocycles. The lowest BCUT2D eigenvalue weighted by molar-refractivity contribution is -0.113. The highest BCUT2D eigenvalue weighted by molar-refractivity contribution is 6.21. The Morgan fingerprint density at radius 2 is 2.00 bits per heavy atom. The van der Waals surface area contributed by atoms with Gasteiger partial charge in [-0.3, -0.25) is 4.79 Å². The molecule has 0 fully saturated rings. The van der Waals surface area contributed by atoms with Gasteiger partial charge in [0.15, 0.2) is 5.78 Å². The first-order chi connectivity index (χ1) is 5.63. The van der Waals surface area contributed by atoms with Gasteiger partial charge < -0.3 is 4.90 Å². The van der Waals surface area contributed by atoms with Gasteiger partial charge in [0.25, 0.3) is 0 Å². The van der Waals surface area contributed by atoms with Crippen molar-refractivity contribution >= 4 is 5.78 Å². The molecule has 1 rings (SSSR count). The standard InChI is InChI=1S/C10H13NO/c1-5-7-9(11(3)4)8(6-2)10(7)12/h5-6H,1H2,2-4H3. The maximum Gasteiger partial charge on any atom is 0.196 e. The van der Waals surface area contributed by atoms with E-state index in [-0.39, 0.29) is 5.78 Å². The second-order valence-electron chi connectivity index (χ2n) is 2.89. The van der Waals surface area contributed by atoms with Crippen LogP contribution in [0, 0.1) is 0 Å². The van der Waals surface area contributed by atoms with Crippen molar-refractivity contribution in [3.63, 3.8) is 0 Å². The van der Waals surface area contributed by atoms with Crippen LogP contribution in [0.5, 0.6) is 0 Å². The third kappa shape index (κ3) is 0.998. The zero-order valence-corrected chi connectivity index (χ0v) is 7.72. The van der Waals surface area contributed by atoms with E-state index in [2.05, 4.69) is 6.58 Å². The Morgan fingerprint density at radius 3 is 2.33 bits per heavy atom. The Balaban J connectivity index is 3.15. The monoisotopic (exact) mass is 163 g/mol. The van der Waals surface area contributed by atoms with Crippen molar-refractivity contribution in [2.24, 2.45) is 0 Å². The molecule has 0 N–H and O–H groups in total. The van der Waals surface area contributed by atoms with Crippen LogP contribution >= 0.6 is 0 Å². The molecular weight excluding hydrogens is 150 g/mol. The van der Waals surface area contributed by atoms with Gasteiger partial charge in [-0.1, -0.05) is 18.7 Å². The summed E-state index contributed by atoms with van der Waals surface area (Å²) in [7, 11) is 3.85. The number of Topliss-reactive ketones (excluding diaryl/α,β-unsaturated/α-hetero) is 1. The van der Waals surface area contributed by atoms with Crippen molar-refractivity contribution in [3.8, 4) is 0 Å². The number of ketones is 1. The van der Waals surface area contributed by atoms with Crippen LogP contribution in [-0.2, 0) is 4.79 Å². The van der Waals surface area contributed by atoms with E-state index >= 15 is 0 Å². The summed E-state index contributed by atoms with van der Waals surface area (Å²) in [5.74, 6) is 0.108. The summed E-state index contributed by atoms with van der Waals surface area (Å²) >= 11 is 0. The smallest absolute Gasteiger partial charge is 0.196 e. The van der Waals surface area contributed by atoms with Crippen LogP contribution in [0.2, 0.25) is 0 Å². The molecule has 0 aromatic carbocycles. The van der Waals surface area contributed by atoms with Gasteiger partial charge in [-0.15, -0.1) is 0 Å². The van der Waals surface area contributed by atoms with E-state index in [4.69, 9.17) is 0 Å². The number of rotatable bonds is 2. The molecule has 0 saturated carbocycles. The molecule has 0 unspecified atom stereocenters. The average Bonchev–Trinajstić information content (AvgIpc) is 2.01. The number of allylic oxidation sites excluding steroid dienone is 4. The molecule has 0 heterocycles. The van der Waals surface area contributed by atoms with Gasteiger partial charge in [0.05, 0.1) is 5.70 Å². The lowest BCUT2D eigenvalue weighted by Crippen LogP contribution is -2.30. The minimum atomic E-state index is 0.108. The zero-order chi connectivity index (χ0) is 9.30. The second-order valence-corrected chi connectivity index (χ2v) is 2.89. The fraction of sp³-hybridized carbons (Fsp3) is 0.300. The minimum absolute atomic E-state index is 0.108. The van der Waals surface area contributed by atoms with E-state index in [0.717, 1.165) is 16.8 Å². The number of carbonyl (C=O) groups excluding carboxylic acids is 1. The van der Waals surface area contributed by atoms with Crippen molar-refractivity contribution in [2.45, 2.75) is 6.92 Å². The first-order valence-electron chi connectivity index (χ1n) is 3.89. The van der Waals surface area contributed by atoms with Gasteiger partial charge in [0, 0.05) is 25.2 Å². The van der Waals surface area contributed by atoms with Crippen molar-refractivity contribution < 1.29 is 4.79 Å². The fourth-order valence-corrected chi connectivity index (χ4v) is 1.38. The van der Waals surface area contributed by atoms with E-state index in [0.29, 0.717) is 0 Å². The summed E-state index contributed by atoms with van der Waals surface area (Å²) in [4.78, 5) is 13.3. The lowest BCUT2D eigenvalue weighted by Gasteiger charge is -2.29. The SMILES string of the molecule is C=CC1=C(N(C)C)C(=CC)C1=O. The lowest BCUT2D eigenvalue weighted by atomic mass is 9.85. The molecule has 0 aromatic rings. The largest absolute Gasteiger partial charge is 0.376 e. The summed E-state index contributed by atoms with van der Waals surface area (Å²) in [5, 5.41) is 0. The van der Waals surface area contributed by atoms with Crippen LogP contribution in [0.1, 0.15) is 6.92 Å². The van der Waals surface area contributed by atoms with Gasteiger partial charge >= 0.3 is 0 Å². The third-order valence-electron chi connectivity index (χ3n) is 1.94. The normalized spacial score (nSPS) is 19.6. The van der Waals surface area contributed by atoms with Crippen LogP contribution < -0.4 is 0 Å². The van der Waals surface area contributed by atoms with E-state index in [9.17, 15) is 4.79 Å². The summed E-state index contributed by atoms with van der Waals surface area (Å²) in [5.41, 5.74) is 2.53. The van der Waals surface area contributed by atoms with Crippen molar-refractivity contribution in [1.29, 1.82) is 0 Å². The number of nitrogens with zero attached hydrogens (tertiary/aromatic N) is 1. The number of likely N-dealkylation sites (N-methyl/N-ethyl adjacent to an activating group) is 1. The molecule has 12 heavy (non-hydrogen) atoms. The molecule has 0 bridgehead atoms. The summed E-state index contributed by atoms with van der Waals surface area (Å²) in [6, 6.07) is 0. The van der Waals surface area contributed by atoms with E-state index in [1.54, 1.807) is 6.08 Å². The molecule has 0 aliphatic heterocycles. The second kappa shape index (κ2) is 2.97. The minimum Gasteiger partial charge on any atom is -0.376 e. The van der Waals surface area contributed by atoms with Gasteiger partial charge in [-0.25, -0.2) is 0 Å². The fourth-order valence-electron chi connectivity index (χ4n) is 1.38. The van der Waals surface area contributed by atoms with Gasteiger partial charge in [-0.2, -0.15) is 0 Å². The van der Waals surface area contributed by atoms with Gasteiger partial charge in [0.2, 0.25) is 0 Å². The molecular formula is C10H13NO. The van der Waals surface area contributed by atoms with E-state index < -0.39 is 0 Å². The topological polar surface area (TPSA) is 20.3 Å². The molecule has 1 aliphatic rings. The molecule has 0 saturated heterocycles. The Labute approximate surface area is 72.9 Å². The molecule has 2 nitrogen and oxygen atoms in total. The van der Waals surface area contributed by atoms with Crippen molar-refractivity contribution in [1.82, 2.24) is 4.90 Å². The molecule has 1 aliphatic carbocycles. The van der Waals surface area contributed by atoms with Crippen molar-refractivity contribution in [2.75, 3.05) is 14.1 Å². The molecule has 64 valence electrons. The predicted octanol–water partition coefficient (Wildman–Crippen LogP) is 1.52. The van der Waals surface area contributed by atoms with Gasteiger partial charge in [0.1, 0.15) is 0 Å². The maximum absolute atomic E-state index is 11.3. The summed E-state index contributed by atoms with van der Waals surface area (Å²) < 4.78 is 0. The number of hydrogen-bond donors (Lipinski definition) is 0. The molecule has 2 heteroatoms. The number of carbonyl (C=O) groups is 1. The predicted molar refractivity (Wildman–Crippen MR) is 49.7 cm³/mol. The van der Waals surface area contributed by atoms with Crippen molar-refractivity contribution in [3.05, 3.63) is 35.6 Å². The summed E-state index contributed by atoms with van der Waals surface area (Å²) in [6.07, 6.45) is 3.45. The maximum atomic E-state index is 11.3. The highest BCUT2D eigenvalue weighted by Gasteiger charge is 2.31. The molecule has 0 radical (unpaired) electrons. The Hall–Kier alpha value is -1.31. The van der Waals surface area contributed by atoms with Crippen LogP contribution in [0.15, 0.2) is 35.6 Å². The highest BCUT2D eigenvalue weighted by Crippen LogP contribution is 2.31. The summed E-state index contributed by atoms with van der Waals surface area (Å²) in [6.45, 7) is 5.47. The first-order valence-corrected chi connectivity index (χ1v) is 3.89. The third-order valence-corrected chi connectivity index (χ3v) is 1.94. The first kappa shape index (κ1) is 8.78. The van der Waals surface area contributed by atoms with Crippen LogP contribution in [0.4, 0.5) is 0 Å². The highest BCUT2D eigenvalue weighted by atomic mass is 16.1. The van der Waals surface area contributed by atoms with E-state index in [1.165, 1.54) is 0 Å². The van der Waals surface area contributed by atoms with Crippen LogP contribution in [-0.4, -0.2) is 24.8 Å².